The lowest BCUT2D eigenvalue weighted by Crippen LogP contribution is -2.34. The van der Waals surface area contributed by atoms with Crippen molar-refractivity contribution < 1.29 is 19.4 Å². The van der Waals surface area contributed by atoms with E-state index in [2.05, 4.69) is 90.9 Å². The first-order valence-corrected chi connectivity index (χ1v) is 15.6. The molecule has 1 N–H and O–H groups in total. The van der Waals surface area contributed by atoms with Crippen molar-refractivity contribution in [2.24, 2.45) is 0 Å². The summed E-state index contributed by atoms with van der Waals surface area (Å²) in [4.78, 5) is 13.8. The van der Waals surface area contributed by atoms with Crippen LogP contribution in [0.2, 0.25) is 0 Å². The highest BCUT2D eigenvalue weighted by atomic mass is 16.6. The number of benzene rings is 6. The van der Waals surface area contributed by atoms with Gasteiger partial charge in [0.15, 0.2) is 0 Å². The molecule has 5 heteroatoms. The van der Waals surface area contributed by atoms with Crippen LogP contribution in [0, 0.1) is 0 Å². The summed E-state index contributed by atoms with van der Waals surface area (Å²) < 4.78 is 11.4. The van der Waals surface area contributed by atoms with Crippen LogP contribution in [-0.2, 0) is 10.6 Å². The Balaban J connectivity index is 1.30. The molecule has 0 radical (unpaired) electrons. The van der Waals surface area contributed by atoms with Crippen molar-refractivity contribution in [3.8, 4) is 44.9 Å². The molecule has 6 aromatic carbocycles. The average Bonchev–Trinajstić information content (AvgIpc) is 3.13. The van der Waals surface area contributed by atoms with Gasteiger partial charge in [-0.3, -0.25) is 0 Å². The molecule has 5 nitrogen and oxygen atoms in total. The van der Waals surface area contributed by atoms with Gasteiger partial charge in [0.25, 0.3) is 5.79 Å². The minimum Gasteiger partial charge on any atom is -0.454 e. The second-order valence-corrected chi connectivity index (χ2v) is 11.8. The molecule has 8 bridgehead atoms. The van der Waals surface area contributed by atoms with Crippen LogP contribution in [0.3, 0.4) is 0 Å². The van der Waals surface area contributed by atoms with E-state index in [0.29, 0.717) is 22.6 Å². The Labute approximate surface area is 280 Å². The zero-order chi connectivity index (χ0) is 33.3. The van der Waals surface area contributed by atoms with Crippen LogP contribution < -0.4 is 14.4 Å². The van der Waals surface area contributed by atoms with Crippen molar-refractivity contribution in [1.82, 2.24) is 0 Å². The summed E-state index contributed by atoms with van der Waals surface area (Å²) in [6.07, 6.45) is 1.15. The Morgan fingerprint density at radius 2 is 1.10 bits per heavy atom. The fraction of sp³-hybridized carbons (Fsp3) is 0.0465. The largest absolute Gasteiger partial charge is 0.454 e. The second-order valence-electron chi connectivity index (χ2n) is 11.8. The van der Waals surface area contributed by atoms with Crippen molar-refractivity contribution in [3.05, 3.63) is 176 Å². The number of ether oxygens (including phenoxy) is 2. The van der Waals surface area contributed by atoms with Crippen molar-refractivity contribution >= 4 is 23.0 Å². The van der Waals surface area contributed by atoms with E-state index in [1.165, 1.54) is 0 Å². The molecule has 0 amide bonds. The Bertz CT molecular complexity index is 2120. The van der Waals surface area contributed by atoms with E-state index in [4.69, 9.17) is 9.47 Å². The van der Waals surface area contributed by atoms with E-state index in [0.717, 1.165) is 56.5 Å². The molecule has 1 unspecified atom stereocenters. The number of carbonyl (C=O) groups excluding carboxylic acids is 1. The Morgan fingerprint density at radius 1 is 0.667 bits per heavy atom. The topological polar surface area (TPSA) is 59.0 Å². The van der Waals surface area contributed by atoms with Crippen LogP contribution >= 0.6 is 0 Å². The SMILES string of the molecule is C=CC(=O)Oc1ccc(-c2ccc(N3c4ccc(cc4)-c4ccc(cc4)OC(O)(C(=C)C)c4cccc(c4)-c4ccc3cc4)cc2)cc1. The zero-order valence-electron chi connectivity index (χ0n) is 26.5. The molecule has 11 rings (SSSR count). The van der Waals surface area contributed by atoms with Gasteiger partial charge >= 0.3 is 5.97 Å². The molecule has 5 aliphatic rings. The summed E-state index contributed by atoms with van der Waals surface area (Å²) >= 11 is 0. The van der Waals surface area contributed by atoms with E-state index in [9.17, 15) is 9.90 Å². The van der Waals surface area contributed by atoms with Gasteiger partial charge in [0, 0.05) is 28.7 Å². The lowest BCUT2D eigenvalue weighted by Gasteiger charge is -2.30. The number of carbonyl (C=O) groups is 1. The Morgan fingerprint density at radius 3 is 1.56 bits per heavy atom. The summed E-state index contributed by atoms with van der Waals surface area (Å²) in [5.74, 6) is -1.18. The van der Waals surface area contributed by atoms with Crippen molar-refractivity contribution in [3.63, 3.8) is 0 Å². The monoisotopic (exact) mass is 627 g/mol. The Hall–Kier alpha value is -6.17. The third-order valence-corrected chi connectivity index (χ3v) is 8.57. The van der Waals surface area contributed by atoms with Gasteiger partial charge in [-0.15, -0.1) is 0 Å². The number of hydrogen-bond donors (Lipinski definition) is 1. The molecule has 0 fully saturated rings. The molecular formula is C43H33NO4. The maximum Gasteiger partial charge on any atom is 0.335 e. The lowest BCUT2D eigenvalue weighted by molar-refractivity contribution is -0.128. The van der Waals surface area contributed by atoms with Crippen LogP contribution in [-0.4, -0.2) is 11.1 Å². The third kappa shape index (κ3) is 5.91. The number of nitrogens with zero attached hydrogens (tertiary/aromatic N) is 1. The molecule has 5 aliphatic heterocycles. The fourth-order valence-electron chi connectivity index (χ4n) is 5.92. The van der Waals surface area contributed by atoms with Crippen LogP contribution in [0.4, 0.5) is 17.1 Å². The summed E-state index contributed by atoms with van der Waals surface area (Å²) in [6.45, 7) is 9.28. The van der Waals surface area contributed by atoms with E-state index in [1.807, 2.05) is 60.7 Å². The van der Waals surface area contributed by atoms with Gasteiger partial charge in [-0.05, 0) is 113 Å². The van der Waals surface area contributed by atoms with E-state index in [-0.39, 0.29) is 0 Å². The fourth-order valence-corrected chi connectivity index (χ4v) is 5.92. The number of hydrogen-bond acceptors (Lipinski definition) is 5. The highest BCUT2D eigenvalue weighted by Crippen LogP contribution is 2.39. The number of rotatable bonds is 5. The van der Waals surface area contributed by atoms with E-state index >= 15 is 0 Å². The number of esters is 1. The summed E-state index contributed by atoms with van der Waals surface area (Å²) in [5, 5.41) is 11.8. The number of anilines is 3. The highest BCUT2D eigenvalue weighted by molar-refractivity contribution is 5.84. The molecule has 0 aliphatic carbocycles. The van der Waals surface area contributed by atoms with Crippen LogP contribution in [0.1, 0.15) is 12.5 Å². The smallest absolute Gasteiger partial charge is 0.335 e. The highest BCUT2D eigenvalue weighted by Gasteiger charge is 2.33. The molecule has 48 heavy (non-hydrogen) atoms. The molecule has 0 aromatic heterocycles. The average molecular weight is 628 g/mol. The molecule has 5 heterocycles. The van der Waals surface area contributed by atoms with Crippen molar-refractivity contribution in [2.45, 2.75) is 12.7 Å². The lowest BCUT2D eigenvalue weighted by atomic mass is 9.95. The predicted molar refractivity (Wildman–Crippen MR) is 193 cm³/mol. The zero-order valence-corrected chi connectivity index (χ0v) is 26.5. The molecule has 234 valence electrons. The van der Waals surface area contributed by atoms with Gasteiger partial charge in [0.05, 0.1) is 0 Å². The molecule has 6 aromatic rings. The van der Waals surface area contributed by atoms with Crippen molar-refractivity contribution in [1.29, 1.82) is 0 Å². The van der Waals surface area contributed by atoms with Gasteiger partial charge in [0.1, 0.15) is 11.5 Å². The molecule has 1 atom stereocenters. The first kappa shape index (κ1) is 30.5. The molecule has 0 spiro atoms. The maximum absolute atomic E-state index is 11.8. The molecular weight excluding hydrogens is 594 g/mol. The third-order valence-electron chi connectivity index (χ3n) is 8.57. The summed E-state index contributed by atoms with van der Waals surface area (Å²) in [6, 6.07) is 48.2. The number of aliphatic hydroxyl groups is 1. The minimum atomic E-state index is -1.70. The Kier molecular flexibility index (Phi) is 7.97. The van der Waals surface area contributed by atoms with Gasteiger partial charge < -0.3 is 19.5 Å². The quantitative estimate of drug-likeness (QED) is 0.0892. The molecule has 0 saturated carbocycles. The first-order chi connectivity index (χ1) is 23.3. The van der Waals surface area contributed by atoms with E-state index < -0.39 is 11.8 Å². The molecule has 0 saturated heterocycles. The van der Waals surface area contributed by atoms with Gasteiger partial charge in [-0.1, -0.05) is 92.0 Å². The van der Waals surface area contributed by atoms with Crippen LogP contribution in [0.25, 0.3) is 33.4 Å². The maximum atomic E-state index is 11.8. The normalized spacial score (nSPS) is 14.9. The second kappa shape index (κ2) is 12.6. The standard InChI is InChI=1S/C43H33NO4/c1-4-42(45)47-40-24-14-32(15-25-40)30-8-18-37(19-9-30)44-38-20-10-31(11-21-38)33-16-26-41(27-17-33)48-43(46,29(2)3)36-7-5-6-35(28-36)34-12-22-39(44)23-13-34/h4-28,46H,1-2H2,3H3. The minimum absolute atomic E-state index is 0.470. The number of fused-ring (bicyclic) bond motifs is 1. The van der Waals surface area contributed by atoms with Gasteiger partial charge in [-0.2, -0.15) is 0 Å². The van der Waals surface area contributed by atoms with E-state index in [1.54, 1.807) is 19.1 Å². The van der Waals surface area contributed by atoms with Crippen LogP contribution in [0.5, 0.6) is 11.5 Å². The first-order valence-electron chi connectivity index (χ1n) is 15.6. The summed E-state index contributed by atoms with van der Waals surface area (Å²) in [7, 11) is 0. The van der Waals surface area contributed by atoms with Gasteiger partial charge in [0.2, 0.25) is 0 Å². The predicted octanol–water partition coefficient (Wildman–Crippen LogP) is 10.4. The van der Waals surface area contributed by atoms with Gasteiger partial charge in [-0.25, -0.2) is 4.79 Å². The van der Waals surface area contributed by atoms with Crippen LogP contribution in [0.15, 0.2) is 170 Å². The summed E-state index contributed by atoms with van der Waals surface area (Å²) in [5.41, 5.74) is 10.2. The van der Waals surface area contributed by atoms with Crippen molar-refractivity contribution in [2.75, 3.05) is 4.90 Å².